The summed E-state index contributed by atoms with van der Waals surface area (Å²) in [4.78, 5) is 20.2. The standard InChI is InChI=1S/C13H16N4O5/c18-13(6-2-1-3-7-13)9-14-15-11-5-4-10(16(19)20)8-12(11)17(21)22/h4-5,8-9,15,18H,1-3,6-7H2/b14-9+. The molecule has 1 aliphatic carbocycles. The predicted molar refractivity (Wildman–Crippen MR) is 79.9 cm³/mol. The normalized spacial score (nSPS) is 17.3. The third-order valence-electron chi connectivity index (χ3n) is 3.60. The van der Waals surface area contributed by atoms with Gasteiger partial charge in [-0.25, -0.2) is 0 Å². The van der Waals surface area contributed by atoms with Crippen molar-refractivity contribution < 1.29 is 15.0 Å². The van der Waals surface area contributed by atoms with Gasteiger partial charge in [-0.3, -0.25) is 25.7 Å². The first kappa shape index (κ1) is 15.8. The number of nitro groups is 2. The van der Waals surface area contributed by atoms with Crippen molar-refractivity contribution in [1.29, 1.82) is 0 Å². The molecule has 0 saturated heterocycles. The van der Waals surface area contributed by atoms with Gasteiger partial charge in [-0.15, -0.1) is 0 Å². The van der Waals surface area contributed by atoms with E-state index in [0.29, 0.717) is 12.8 Å². The molecule has 1 aromatic carbocycles. The zero-order chi connectivity index (χ0) is 16.2. The lowest BCUT2D eigenvalue weighted by Crippen LogP contribution is -2.33. The molecule has 0 heterocycles. The van der Waals surface area contributed by atoms with Crippen LogP contribution in [-0.2, 0) is 0 Å². The van der Waals surface area contributed by atoms with Crippen LogP contribution in [-0.4, -0.2) is 26.8 Å². The molecule has 22 heavy (non-hydrogen) atoms. The van der Waals surface area contributed by atoms with Gasteiger partial charge in [-0.2, -0.15) is 5.10 Å². The zero-order valence-corrected chi connectivity index (χ0v) is 11.8. The van der Waals surface area contributed by atoms with Crippen LogP contribution in [0, 0.1) is 20.2 Å². The van der Waals surface area contributed by atoms with Crippen LogP contribution in [0.5, 0.6) is 0 Å². The molecular weight excluding hydrogens is 292 g/mol. The Kier molecular flexibility index (Phi) is 4.66. The number of hydrogen-bond acceptors (Lipinski definition) is 7. The molecule has 0 amide bonds. The summed E-state index contributed by atoms with van der Waals surface area (Å²) in [5.41, 5.74) is 0.702. The molecule has 0 aliphatic heterocycles. The van der Waals surface area contributed by atoms with Gasteiger partial charge >= 0.3 is 5.69 Å². The number of hydrazone groups is 1. The highest BCUT2D eigenvalue weighted by atomic mass is 16.6. The van der Waals surface area contributed by atoms with Crippen molar-refractivity contribution in [2.75, 3.05) is 5.43 Å². The Morgan fingerprint density at radius 3 is 2.45 bits per heavy atom. The van der Waals surface area contributed by atoms with E-state index in [1.54, 1.807) is 0 Å². The number of nitrogens with one attached hydrogen (secondary N) is 1. The van der Waals surface area contributed by atoms with Gasteiger partial charge in [0.25, 0.3) is 5.69 Å². The Morgan fingerprint density at radius 1 is 1.18 bits per heavy atom. The average Bonchev–Trinajstić information content (AvgIpc) is 2.47. The molecule has 0 aromatic heterocycles. The molecule has 1 aliphatic rings. The van der Waals surface area contributed by atoms with Gasteiger partial charge in [0, 0.05) is 6.07 Å². The number of hydrogen-bond donors (Lipinski definition) is 2. The highest BCUT2D eigenvalue weighted by Crippen LogP contribution is 2.29. The van der Waals surface area contributed by atoms with E-state index in [9.17, 15) is 25.3 Å². The Labute approximate surface area is 125 Å². The second kappa shape index (κ2) is 6.48. The van der Waals surface area contributed by atoms with E-state index in [1.165, 1.54) is 12.3 Å². The summed E-state index contributed by atoms with van der Waals surface area (Å²) in [5, 5.41) is 35.7. The fourth-order valence-electron chi connectivity index (χ4n) is 2.39. The van der Waals surface area contributed by atoms with Crippen molar-refractivity contribution >= 4 is 23.3 Å². The van der Waals surface area contributed by atoms with Crippen LogP contribution in [0.25, 0.3) is 0 Å². The summed E-state index contributed by atoms with van der Waals surface area (Å²) in [7, 11) is 0. The first-order valence-corrected chi connectivity index (χ1v) is 6.87. The van der Waals surface area contributed by atoms with Crippen molar-refractivity contribution in [3.63, 3.8) is 0 Å². The molecule has 2 N–H and O–H groups in total. The van der Waals surface area contributed by atoms with Gasteiger partial charge in [0.1, 0.15) is 11.3 Å². The van der Waals surface area contributed by atoms with Gasteiger partial charge < -0.3 is 5.11 Å². The molecular formula is C13H16N4O5. The number of nitrogens with zero attached hydrogens (tertiary/aromatic N) is 3. The lowest BCUT2D eigenvalue weighted by Gasteiger charge is -2.27. The third kappa shape index (κ3) is 3.76. The van der Waals surface area contributed by atoms with E-state index >= 15 is 0 Å². The molecule has 0 spiro atoms. The first-order valence-electron chi connectivity index (χ1n) is 6.87. The Morgan fingerprint density at radius 2 is 1.86 bits per heavy atom. The largest absolute Gasteiger partial charge is 0.384 e. The van der Waals surface area contributed by atoms with Crippen molar-refractivity contribution in [2.24, 2.45) is 5.10 Å². The van der Waals surface area contributed by atoms with Crippen LogP contribution in [0.4, 0.5) is 17.1 Å². The monoisotopic (exact) mass is 308 g/mol. The van der Waals surface area contributed by atoms with E-state index in [2.05, 4.69) is 10.5 Å². The number of benzene rings is 1. The predicted octanol–water partition coefficient (Wildman–Crippen LogP) is 2.60. The lowest BCUT2D eigenvalue weighted by molar-refractivity contribution is -0.393. The molecule has 0 radical (unpaired) electrons. The number of non-ortho nitro benzene ring substituents is 1. The van der Waals surface area contributed by atoms with Gasteiger partial charge in [0.15, 0.2) is 0 Å². The Hall–Kier alpha value is -2.55. The Bertz CT molecular complexity index is 610. The number of nitro benzene ring substituents is 2. The van der Waals surface area contributed by atoms with Gasteiger partial charge in [0.05, 0.1) is 22.1 Å². The summed E-state index contributed by atoms with van der Waals surface area (Å²) in [6, 6.07) is 3.24. The molecule has 2 rings (SSSR count). The Balaban J connectivity index is 2.15. The minimum absolute atomic E-state index is 0.0336. The topological polar surface area (TPSA) is 131 Å². The van der Waals surface area contributed by atoms with Crippen LogP contribution in [0.1, 0.15) is 32.1 Å². The third-order valence-corrected chi connectivity index (χ3v) is 3.60. The van der Waals surface area contributed by atoms with Gasteiger partial charge in [-0.1, -0.05) is 19.3 Å². The second-order valence-electron chi connectivity index (χ2n) is 5.25. The molecule has 1 fully saturated rings. The summed E-state index contributed by atoms with van der Waals surface area (Å²) in [6.45, 7) is 0. The summed E-state index contributed by atoms with van der Waals surface area (Å²) in [5.74, 6) is 0. The second-order valence-corrected chi connectivity index (χ2v) is 5.25. The van der Waals surface area contributed by atoms with Crippen molar-refractivity contribution in [1.82, 2.24) is 0 Å². The van der Waals surface area contributed by atoms with Crippen LogP contribution < -0.4 is 5.43 Å². The quantitative estimate of drug-likeness (QED) is 0.488. The smallest absolute Gasteiger partial charge is 0.301 e. The molecule has 1 saturated carbocycles. The highest BCUT2D eigenvalue weighted by Gasteiger charge is 2.27. The van der Waals surface area contributed by atoms with Gasteiger partial charge in [0.2, 0.25) is 0 Å². The van der Waals surface area contributed by atoms with E-state index in [4.69, 9.17) is 0 Å². The maximum Gasteiger partial charge on any atom is 0.301 e. The SMILES string of the molecule is O=[N+]([O-])c1ccc(N/N=C/C2(O)CCCCC2)c([N+](=O)[O-])c1. The zero-order valence-electron chi connectivity index (χ0n) is 11.8. The number of aliphatic hydroxyl groups is 1. The summed E-state index contributed by atoms with van der Waals surface area (Å²) in [6.07, 6.45) is 5.41. The lowest BCUT2D eigenvalue weighted by atomic mass is 9.86. The van der Waals surface area contributed by atoms with E-state index in [0.717, 1.165) is 31.4 Å². The molecule has 1 aromatic rings. The maximum absolute atomic E-state index is 11.0. The number of rotatable bonds is 5. The van der Waals surface area contributed by atoms with Gasteiger partial charge in [-0.05, 0) is 18.9 Å². The van der Waals surface area contributed by atoms with Crippen LogP contribution in [0.15, 0.2) is 23.3 Å². The first-order chi connectivity index (χ1) is 10.4. The van der Waals surface area contributed by atoms with E-state index in [-0.39, 0.29) is 11.4 Å². The molecule has 0 bridgehead atoms. The summed E-state index contributed by atoms with van der Waals surface area (Å²) >= 11 is 0. The minimum atomic E-state index is -0.999. The van der Waals surface area contributed by atoms with Crippen LogP contribution >= 0.6 is 0 Å². The average molecular weight is 308 g/mol. The van der Waals surface area contributed by atoms with Crippen molar-refractivity contribution in [2.45, 2.75) is 37.7 Å². The minimum Gasteiger partial charge on any atom is -0.384 e. The molecule has 0 unspecified atom stereocenters. The fourth-order valence-corrected chi connectivity index (χ4v) is 2.39. The molecule has 9 heteroatoms. The van der Waals surface area contributed by atoms with Crippen LogP contribution in [0.3, 0.4) is 0 Å². The fraction of sp³-hybridized carbons (Fsp3) is 0.462. The van der Waals surface area contributed by atoms with E-state index < -0.39 is 21.1 Å². The molecule has 9 nitrogen and oxygen atoms in total. The molecule has 0 atom stereocenters. The maximum atomic E-state index is 11.0. The summed E-state index contributed by atoms with van der Waals surface area (Å²) < 4.78 is 0. The number of anilines is 1. The molecule has 118 valence electrons. The van der Waals surface area contributed by atoms with Crippen molar-refractivity contribution in [3.05, 3.63) is 38.4 Å². The highest BCUT2D eigenvalue weighted by molar-refractivity contribution is 5.71. The van der Waals surface area contributed by atoms with E-state index in [1.807, 2.05) is 0 Å². The van der Waals surface area contributed by atoms with Crippen LogP contribution in [0.2, 0.25) is 0 Å². The van der Waals surface area contributed by atoms with Crippen molar-refractivity contribution in [3.8, 4) is 0 Å².